The van der Waals surface area contributed by atoms with Gasteiger partial charge in [0.1, 0.15) is 0 Å². The van der Waals surface area contributed by atoms with Crippen molar-refractivity contribution < 1.29 is 4.74 Å². The monoisotopic (exact) mass is 284 g/mol. The van der Waals surface area contributed by atoms with Gasteiger partial charge in [0, 0.05) is 30.1 Å². The molecule has 2 saturated heterocycles. The molecule has 0 bridgehead atoms. The molecule has 3 aliphatic rings. The zero-order chi connectivity index (χ0) is 12.9. The summed E-state index contributed by atoms with van der Waals surface area (Å²) >= 11 is 2.21. The molecule has 0 aromatic heterocycles. The Bertz CT molecular complexity index is 269. The fraction of sp³-hybridized carbons (Fsp3) is 1.00. The van der Waals surface area contributed by atoms with Gasteiger partial charge in [-0.15, -0.1) is 0 Å². The number of morpholine rings is 1. The van der Waals surface area contributed by atoms with Gasteiger partial charge in [-0.1, -0.05) is 12.8 Å². The quantitative estimate of drug-likeness (QED) is 0.854. The second-order valence-corrected chi connectivity index (χ2v) is 7.53. The van der Waals surface area contributed by atoms with Gasteiger partial charge in [0.25, 0.3) is 0 Å². The molecule has 3 rings (SSSR count). The maximum Gasteiger partial charge on any atom is 0.0730 e. The summed E-state index contributed by atoms with van der Waals surface area (Å²) in [6.07, 6.45) is 8.71. The third kappa shape index (κ3) is 3.87. The number of ether oxygens (including phenoxy) is 1. The van der Waals surface area contributed by atoms with Gasteiger partial charge in [0.05, 0.1) is 12.7 Å². The Morgan fingerprint density at radius 3 is 2.84 bits per heavy atom. The fourth-order valence-electron chi connectivity index (χ4n) is 3.75. The van der Waals surface area contributed by atoms with E-state index in [2.05, 4.69) is 22.0 Å². The summed E-state index contributed by atoms with van der Waals surface area (Å²) in [5.74, 6) is 1.31. The first-order chi connectivity index (χ1) is 9.43. The van der Waals surface area contributed by atoms with Crippen molar-refractivity contribution in [2.24, 2.45) is 0 Å². The van der Waals surface area contributed by atoms with E-state index in [0.717, 1.165) is 24.4 Å². The van der Waals surface area contributed by atoms with Gasteiger partial charge in [-0.2, -0.15) is 11.8 Å². The number of nitrogens with one attached hydrogen (secondary N) is 1. The van der Waals surface area contributed by atoms with E-state index in [1.165, 1.54) is 63.9 Å². The Labute approximate surface area is 121 Å². The van der Waals surface area contributed by atoms with Gasteiger partial charge in [-0.25, -0.2) is 0 Å². The normalized spacial score (nSPS) is 34.1. The Balaban J connectivity index is 1.40. The van der Waals surface area contributed by atoms with Crippen LogP contribution in [0.15, 0.2) is 0 Å². The molecule has 0 aromatic carbocycles. The first-order valence-electron chi connectivity index (χ1n) is 8.11. The highest BCUT2D eigenvalue weighted by Gasteiger charge is 2.33. The Hall–Kier alpha value is 0.230. The molecular weight excluding hydrogens is 256 g/mol. The molecule has 2 heterocycles. The van der Waals surface area contributed by atoms with Gasteiger partial charge in [-0.05, 0) is 38.8 Å². The molecule has 0 spiro atoms. The predicted octanol–water partition coefficient (Wildman–Crippen LogP) is 2.12. The topological polar surface area (TPSA) is 24.5 Å². The molecule has 1 saturated carbocycles. The minimum Gasteiger partial charge on any atom is -0.375 e. The second-order valence-electron chi connectivity index (χ2n) is 6.12. The van der Waals surface area contributed by atoms with Crippen molar-refractivity contribution in [2.75, 3.05) is 38.5 Å². The molecule has 0 radical (unpaired) electrons. The lowest BCUT2D eigenvalue weighted by Gasteiger charge is -2.44. The molecule has 3 fully saturated rings. The number of thioether (sulfide) groups is 1. The van der Waals surface area contributed by atoms with Crippen molar-refractivity contribution in [1.29, 1.82) is 0 Å². The van der Waals surface area contributed by atoms with E-state index in [9.17, 15) is 0 Å². The highest BCUT2D eigenvalue weighted by molar-refractivity contribution is 7.99. The first kappa shape index (κ1) is 14.2. The molecule has 4 heteroatoms. The SMILES string of the molecule is C1CCC2C(C1)OCCN2CCSC1CCNCC1. The molecule has 2 unspecified atom stereocenters. The summed E-state index contributed by atoms with van der Waals surface area (Å²) in [4.78, 5) is 2.72. The van der Waals surface area contributed by atoms with E-state index in [-0.39, 0.29) is 0 Å². The maximum atomic E-state index is 5.95. The Morgan fingerprint density at radius 1 is 1.11 bits per heavy atom. The highest BCUT2D eigenvalue weighted by Crippen LogP contribution is 2.29. The minimum absolute atomic E-state index is 0.548. The lowest BCUT2D eigenvalue weighted by Crippen LogP contribution is -2.53. The van der Waals surface area contributed by atoms with Crippen molar-refractivity contribution in [3.05, 3.63) is 0 Å². The van der Waals surface area contributed by atoms with E-state index < -0.39 is 0 Å². The standard InChI is InChI=1S/C15H28N2OS/c1-2-4-15-14(3-1)17(9-11-18-15)10-12-19-13-5-7-16-8-6-13/h13-16H,1-12H2. The second kappa shape index (κ2) is 7.30. The van der Waals surface area contributed by atoms with Crippen LogP contribution in [0, 0.1) is 0 Å². The van der Waals surface area contributed by atoms with E-state index in [4.69, 9.17) is 4.74 Å². The summed E-state index contributed by atoms with van der Waals surface area (Å²) in [7, 11) is 0. The molecule has 1 aliphatic carbocycles. The average Bonchev–Trinajstić information content (AvgIpc) is 2.49. The fourth-order valence-corrected chi connectivity index (χ4v) is 5.00. The third-order valence-corrected chi connectivity index (χ3v) is 6.23. The van der Waals surface area contributed by atoms with Crippen LogP contribution < -0.4 is 5.32 Å². The van der Waals surface area contributed by atoms with E-state index >= 15 is 0 Å². The van der Waals surface area contributed by atoms with Crippen molar-refractivity contribution >= 4 is 11.8 Å². The third-order valence-electron chi connectivity index (χ3n) is 4.87. The van der Waals surface area contributed by atoms with Crippen LogP contribution in [0.25, 0.3) is 0 Å². The van der Waals surface area contributed by atoms with Crippen LogP contribution in [-0.2, 0) is 4.74 Å². The van der Waals surface area contributed by atoms with Gasteiger partial charge >= 0.3 is 0 Å². The average molecular weight is 284 g/mol. The summed E-state index contributed by atoms with van der Waals surface area (Å²) in [5, 5.41) is 4.36. The highest BCUT2D eigenvalue weighted by atomic mass is 32.2. The molecule has 2 atom stereocenters. The number of hydrogen-bond donors (Lipinski definition) is 1. The molecule has 0 aromatic rings. The molecule has 19 heavy (non-hydrogen) atoms. The van der Waals surface area contributed by atoms with Gasteiger partial charge in [-0.3, -0.25) is 4.90 Å². The summed E-state index contributed by atoms with van der Waals surface area (Å²) in [6, 6.07) is 0.733. The van der Waals surface area contributed by atoms with Crippen molar-refractivity contribution in [1.82, 2.24) is 10.2 Å². The van der Waals surface area contributed by atoms with Crippen molar-refractivity contribution in [3.63, 3.8) is 0 Å². The number of fused-ring (bicyclic) bond motifs is 1. The van der Waals surface area contributed by atoms with Crippen molar-refractivity contribution in [3.8, 4) is 0 Å². The van der Waals surface area contributed by atoms with Crippen LogP contribution in [0.3, 0.4) is 0 Å². The maximum absolute atomic E-state index is 5.95. The van der Waals surface area contributed by atoms with Crippen LogP contribution in [0.4, 0.5) is 0 Å². The first-order valence-corrected chi connectivity index (χ1v) is 9.16. The number of piperidine rings is 1. The predicted molar refractivity (Wildman–Crippen MR) is 81.9 cm³/mol. The number of rotatable bonds is 4. The molecule has 3 nitrogen and oxygen atoms in total. The van der Waals surface area contributed by atoms with Gasteiger partial charge < -0.3 is 10.1 Å². The smallest absolute Gasteiger partial charge is 0.0730 e. The van der Waals surface area contributed by atoms with E-state index in [1.807, 2.05) is 0 Å². The van der Waals surface area contributed by atoms with Crippen LogP contribution in [0.2, 0.25) is 0 Å². The Kier molecular flexibility index (Phi) is 5.45. The summed E-state index contributed by atoms with van der Waals surface area (Å²) < 4.78 is 5.95. The molecular formula is C15H28N2OS. The van der Waals surface area contributed by atoms with E-state index in [1.54, 1.807) is 0 Å². The zero-order valence-electron chi connectivity index (χ0n) is 12.0. The van der Waals surface area contributed by atoms with Gasteiger partial charge in [0.15, 0.2) is 0 Å². The zero-order valence-corrected chi connectivity index (χ0v) is 12.8. The van der Waals surface area contributed by atoms with Crippen LogP contribution in [0.5, 0.6) is 0 Å². The largest absolute Gasteiger partial charge is 0.375 e. The number of hydrogen-bond acceptors (Lipinski definition) is 4. The molecule has 110 valence electrons. The van der Waals surface area contributed by atoms with Crippen LogP contribution in [0.1, 0.15) is 38.5 Å². The molecule has 2 aliphatic heterocycles. The van der Waals surface area contributed by atoms with Crippen LogP contribution in [-0.4, -0.2) is 60.8 Å². The number of nitrogens with zero attached hydrogens (tertiary/aromatic N) is 1. The molecule has 1 N–H and O–H groups in total. The lowest BCUT2D eigenvalue weighted by atomic mass is 9.90. The minimum atomic E-state index is 0.548. The van der Waals surface area contributed by atoms with E-state index in [0.29, 0.717) is 6.10 Å². The summed E-state index contributed by atoms with van der Waals surface area (Å²) in [5.41, 5.74) is 0. The van der Waals surface area contributed by atoms with Crippen LogP contribution >= 0.6 is 11.8 Å². The van der Waals surface area contributed by atoms with Crippen molar-refractivity contribution in [2.45, 2.75) is 55.9 Å². The summed E-state index contributed by atoms with van der Waals surface area (Å²) in [6.45, 7) is 5.84. The lowest BCUT2D eigenvalue weighted by molar-refractivity contribution is -0.0858. The van der Waals surface area contributed by atoms with Gasteiger partial charge in [0.2, 0.25) is 0 Å². The molecule has 0 amide bonds. The Morgan fingerprint density at radius 2 is 1.95 bits per heavy atom.